The summed E-state index contributed by atoms with van der Waals surface area (Å²) in [5.74, 6) is 0.0816. The standard InChI is InChI=1S/C19H24F2N2O3S/c1-18(2,3)26-17(24)22-16-23-19(14-6-4-5-7-15(14)21)11-25-13(9-20)8-12(19)10-27-16/h4-7,12-13H,8-11H2,1-3H3,(H,22,23,24). The maximum Gasteiger partial charge on any atom is 0.413 e. The molecule has 1 aromatic carbocycles. The molecule has 2 heterocycles. The van der Waals surface area contributed by atoms with Crippen LogP contribution in [0, 0.1) is 11.7 Å². The Morgan fingerprint density at radius 3 is 2.85 bits per heavy atom. The van der Waals surface area contributed by atoms with E-state index in [1.165, 1.54) is 17.8 Å². The predicted molar refractivity (Wildman–Crippen MR) is 101 cm³/mol. The molecule has 0 aromatic heterocycles. The number of hydrogen-bond acceptors (Lipinski definition) is 5. The molecule has 0 aliphatic carbocycles. The van der Waals surface area contributed by atoms with Crippen molar-refractivity contribution in [3.05, 3.63) is 35.6 Å². The number of halogens is 2. The highest BCUT2D eigenvalue weighted by atomic mass is 32.2. The van der Waals surface area contributed by atoms with Crippen molar-refractivity contribution in [3.63, 3.8) is 0 Å². The Morgan fingerprint density at radius 2 is 2.19 bits per heavy atom. The number of nitrogens with zero attached hydrogens (tertiary/aromatic N) is 1. The molecule has 0 bridgehead atoms. The number of carbonyl (C=O) groups is 1. The van der Waals surface area contributed by atoms with E-state index in [2.05, 4.69) is 10.3 Å². The zero-order valence-corrected chi connectivity index (χ0v) is 16.4. The first-order valence-corrected chi connectivity index (χ1v) is 9.87. The number of rotatable bonds is 2. The van der Waals surface area contributed by atoms with Crippen LogP contribution in [0.15, 0.2) is 29.3 Å². The van der Waals surface area contributed by atoms with Crippen LogP contribution in [0.25, 0.3) is 0 Å². The second-order valence-electron chi connectivity index (χ2n) is 7.78. The van der Waals surface area contributed by atoms with Crippen LogP contribution in [0.4, 0.5) is 13.6 Å². The minimum Gasteiger partial charge on any atom is -0.444 e. The molecule has 1 aromatic rings. The summed E-state index contributed by atoms with van der Waals surface area (Å²) in [6.07, 6.45) is -0.679. The van der Waals surface area contributed by atoms with E-state index < -0.39 is 35.8 Å². The number of benzene rings is 1. The van der Waals surface area contributed by atoms with Gasteiger partial charge in [0.05, 0.1) is 12.7 Å². The van der Waals surface area contributed by atoms with Crippen LogP contribution in [0.3, 0.4) is 0 Å². The van der Waals surface area contributed by atoms with Crippen molar-refractivity contribution in [2.75, 3.05) is 19.0 Å². The lowest BCUT2D eigenvalue weighted by Gasteiger charge is -2.46. The first-order chi connectivity index (χ1) is 12.7. The molecule has 2 aliphatic heterocycles. The van der Waals surface area contributed by atoms with E-state index in [9.17, 15) is 13.6 Å². The predicted octanol–water partition coefficient (Wildman–Crippen LogP) is 4.02. The Labute approximate surface area is 161 Å². The zero-order chi connectivity index (χ0) is 19.7. The number of fused-ring (bicyclic) bond motifs is 1. The van der Waals surface area contributed by atoms with Gasteiger partial charge in [-0.05, 0) is 33.3 Å². The maximum absolute atomic E-state index is 14.6. The molecule has 1 amide bonds. The molecule has 3 unspecified atom stereocenters. The molecule has 0 spiro atoms. The largest absolute Gasteiger partial charge is 0.444 e. The molecule has 0 radical (unpaired) electrons. The Bertz CT molecular complexity index is 738. The van der Waals surface area contributed by atoms with E-state index in [-0.39, 0.29) is 12.5 Å². The third-order valence-electron chi connectivity index (χ3n) is 4.60. The summed E-state index contributed by atoms with van der Waals surface area (Å²) in [5.41, 5.74) is -1.24. The second kappa shape index (κ2) is 7.75. The SMILES string of the molecule is CC(C)(C)OC(=O)NC1=NC2(c3ccccc3F)COC(CF)CC2CS1. The fraction of sp³-hybridized carbons (Fsp3) is 0.579. The van der Waals surface area contributed by atoms with Crippen LogP contribution in [0.2, 0.25) is 0 Å². The van der Waals surface area contributed by atoms with Crippen LogP contribution in [0.1, 0.15) is 32.8 Å². The summed E-state index contributed by atoms with van der Waals surface area (Å²) in [4.78, 5) is 16.8. The van der Waals surface area contributed by atoms with Gasteiger partial charge in [-0.3, -0.25) is 5.32 Å². The molecule has 1 N–H and O–H groups in total. The molecule has 3 rings (SSSR count). The van der Waals surface area contributed by atoms with E-state index in [1.54, 1.807) is 39.0 Å². The van der Waals surface area contributed by atoms with Crippen molar-refractivity contribution in [2.24, 2.45) is 10.9 Å². The first-order valence-electron chi connectivity index (χ1n) is 8.89. The van der Waals surface area contributed by atoms with Crippen LogP contribution in [-0.2, 0) is 15.0 Å². The van der Waals surface area contributed by atoms with Gasteiger partial charge < -0.3 is 9.47 Å². The highest BCUT2D eigenvalue weighted by Crippen LogP contribution is 2.46. The number of alkyl halides is 1. The van der Waals surface area contributed by atoms with Crippen LogP contribution < -0.4 is 5.32 Å². The Kier molecular flexibility index (Phi) is 5.76. The van der Waals surface area contributed by atoms with Gasteiger partial charge in [-0.15, -0.1) is 0 Å². The van der Waals surface area contributed by atoms with Gasteiger partial charge in [0.15, 0.2) is 5.17 Å². The Balaban J connectivity index is 1.93. The molecule has 5 nitrogen and oxygen atoms in total. The van der Waals surface area contributed by atoms with Gasteiger partial charge in [0.25, 0.3) is 0 Å². The number of nitrogens with one attached hydrogen (secondary N) is 1. The number of hydrogen-bond donors (Lipinski definition) is 1. The fourth-order valence-corrected chi connectivity index (χ4v) is 4.55. The van der Waals surface area contributed by atoms with Crippen molar-refractivity contribution < 1.29 is 23.0 Å². The lowest BCUT2D eigenvalue weighted by Crippen LogP contribution is -2.51. The van der Waals surface area contributed by atoms with E-state index in [0.717, 1.165) is 0 Å². The molecule has 3 atom stereocenters. The van der Waals surface area contributed by atoms with E-state index in [0.29, 0.717) is 22.9 Å². The maximum atomic E-state index is 14.6. The van der Waals surface area contributed by atoms with Gasteiger partial charge in [-0.25, -0.2) is 18.6 Å². The lowest BCUT2D eigenvalue weighted by molar-refractivity contribution is -0.0653. The van der Waals surface area contributed by atoms with Crippen LogP contribution in [-0.4, -0.2) is 42.0 Å². The number of aliphatic imine (C=N–C) groups is 1. The second-order valence-corrected chi connectivity index (χ2v) is 8.79. The average Bonchev–Trinajstić information content (AvgIpc) is 2.59. The van der Waals surface area contributed by atoms with Crippen molar-refractivity contribution in [1.29, 1.82) is 0 Å². The Morgan fingerprint density at radius 1 is 1.44 bits per heavy atom. The molecular weight excluding hydrogens is 374 g/mol. The minimum atomic E-state index is -0.993. The third-order valence-corrected chi connectivity index (χ3v) is 5.64. The number of amidine groups is 1. The summed E-state index contributed by atoms with van der Waals surface area (Å²) in [6, 6.07) is 6.40. The van der Waals surface area contributed by atoms with Crippen molar-refractivity contribution in [1.82, 2.24) is 5.32 Å². The van der Waals surface area contributed by atoms with Gasteiger partial charge in [-0.1, -0.05) is 30.0 Å². The van der Waals surface area contributed by atoms with E-state index >= 15 is 0 Å². The lowest BCUT2D eigenvalue weighted by atomic mass is 9.75. The number of alkyl carbamates (subject to hydrolysis) is 1. The summed E-state index contributed by atoms with van der Waals surface area (Å²) >= 11 is 1.35. The van der Waals surface area contributed by atoms with E-state index in [4.69, 9.17) is 9.47 Å². The molecule has 1 saturated heterocycles. The molecule has 2 aliphatic rings. The third kappa shape index (κ3) is 4.43. The smallest absolute Gasteiger partial charge is 0.413 e. The van der Waals surface area contributed by atoms with Gasteiger partial charge >= 0.3 is 6.09 Å². The minimum absolute atomic E-state index is 0.0627. The topological polar surface area (TPSA) is 59.9 Å². The number of thioether (sulfide) groups is 1. The zero-order valence-electron chi connectivity index (χ0n) is 15.6. The summed E-state index contributed by atoms with van der Waals surface area (Å²) in [7, 11) is 0. The fourth-order valence-electron chi connectivity index (χ4n) is 3.40. The highest BCUT2D eigenvalue weighted by molar-refractivity contribution is 8.13. The van der Waals surface area contributed by atoms with Crippen LogP contribution in [0.5, 0.6) is 0 Å². The normalized spacial score (nSPS) is 28.1. The van der Waals surface area contributed by atoms with Gasteiger partial charge in [0.2, 0.25) is 0 Å². The molecule has 1 fully saturated rings. The molecule has 0 saturated carbocycles. The summed E-state index contributed by atoms with van der Waals surface area (Å²) < 4.78 is 38.7. The quantitative estimate of drug-likeness (QED) is 0.817. The molecule has 148 valence electrons. The monoisotopic (exact) mass is 398 g/mol. The highest BCUT2D eigenvalue weighted by Gasteiger charge is 2.49. The van der Waals surface area contributed by atoms with Crippen molar-refractivity contribution >= 4 is 23.0 Å². The van der Waals surface area contributed by atoms with Crippen molar-refractivity contribution in [2.45, 2.75) is 44.4 Å². The Hall–Kier alpha value is -1.67. The average molecular weight is 398 g/mol. The van der Waals surface area contributed by atoms with E-state index in [1.807, 2.05) is 0 Å². The summed E-state index contributed by atoms with van der Waals surface area (Å²) in [6.45, 7) is 4.79. The molecule has 27 heavy (non-hydrogen) atoms. The summed E-state index contributed by atoms with van der Waals surface area (Å²) in [5, 5.41) is 3.00. The van der Waals surface area contributed by atoms with Gasteiger partial charge in [0.1, 0.15) is 23.6 Å². The molecular formula is C19H24F2N2O3S. The number of ether oxygens (including phenoxy) is 2. The van der Waals surface area contributed by atoms with Gasteiger partial charge in [0, 0.05) is 17.2 Å². The molecule has 8 heteroatoms. The van der Waals surface area contributed by atoms with Crippen molar-refractivity contribution in [3.8, 4) is 0 Å². The van der Waals surface area contributed by atoms with Gasteiger partial charge in [-0.2, -0.15) is 0 Å². The first kappa shape index (κ1) is 20.1. The van der Waals surface area contributed by atoms with Crippen LogP contribution >= 0.6 is 11.8 Å². The number of amides is 1. The number of carbonyl (C=O) groups excluding carboxylic acids is 1.